The predicted molar refractivity (Wildman–Crippen MR) is 121 cm³/mol. The molecule has 6 heteroatoms. The summed E-state index contributed by atoms with van der Waals surface area (Å²) in [6.07, 6.45) is 2.02. The number of hydrogen-bond acceptors (Lipinski definition) is 4. The van der Waals surface area contributed by atoms with Crippen molar-refractivity contribution in [3.63, 3.8) is 0 Å². The van der Waals surface area contributed by atoms with Crippen LogP contribution in [0.1, 0.15) is 59.4 Å². The van der Waals surface area contributed by atoms with E-state index >= 15 is 0 Å². The molecule has 1 fully saturated rings. The van der Waals surface area contributed by atoms with Gasteiger partial charge in [0.05, 0.1) is 11.1 Å². The van der Waals surface area contributed by atoms with Gasteiger partial charge in [0.2, 0.25) is 5.91 Å². The van der Waals surface area contributed by atoms with Gasteiger partial charge in [-0.1, -0.05) is 56.3 Å². The third-order valence-electron chi connectivity index (χ3n) is 6.57. The van der Waals surface area contributed by atoms with Crippen molar-refractivity contribution in [3.8, 4) is 0 Å². The standard InChI is InChI=1S/C26H30N2O4/c1-18(2)16-22(28-24(30)20-10-6-7-11-21(20)25(28)31)23(29)27-17-26(12-14-32-15-13-26)19-8-4-3-5-9-19/h3-11,18,22H,12-17H2,1-2H3,(H,27,29). The second kappa shape index (κ2) is 9.25. The van der Waals surface area contributed by atoms with E-state index in [0.717, 1.165) is 17.7 Å². The van der Waals surface area contributed by atoms with Crippen molar-refractivity contribution in [1.29, 1.82) is 0 Å². The minimum Gasteiger partial charge on any atom is -0.381 e. The summed E-state index contributed by atoms with van der Waals surface area (Å²) < 4.78 is 5.59. The number of carbonyl (C=O) groups excluding carboxylic acids is 3. The van der Waals surface area contributed by atoms with E-state index in [4.69, 9.17) is 4.74 Å². The van der Waals surface area contributed by atoms with Gasteiger partial charge in [-0.05, 0) is 42.9 Å². The molecule has 1 N–H and O–H groups in total. The van der Waals surface area contributed by atoms with Gasteiger partial charge in [-0.3, -0.25) is 19.3 Å². The highest BCUT2D eigenvalue weighted by Crippen LogP contribution is 2.34. The van der Waals surface area contributed by atoms with Crippen LogP contribution in [0.3, 0.4) is 0 Å². The number of rotatable bonds is 7. The molecule has 1 unspecified atom stereocenters. The molecule has 1 saturated heterocycles. The van der Waals surface area contributed by atoms with Crippen molar-refractivity contribution in [3.05, 3.63) is 71.3 Å². The van der Waals surface area contributed by atoms with Crippen molar-refractivity contribution >= 4 is 17.7 Å². The van der Waals surface area contributed by atoms with E-state index in [9.17, 15) is 14.4 Å². The zero-order valence-corrected chi connectivity index (χ0v) is 18.7. The van der Waals surface area contributed by atoms with Crippen LogP contribution in [0.25, 0.3) is 0 Å². The lowest BCUT2D eigenvalue weighted by molar-refractivity contribution is -0.126. The van der Waals surface area contributed by atoms with Crippen LogP contribution in [0.5, 0.6) is 0 Å². The van der Waals surface area contributed by atoms with E-state index in [1.54, 1.807) is 24.3 Å². The first-order valence-electron chi connectivity index (χ1n) is 11.3. The maximum atomic E-state index is 13.4. The van der Waals surface area contributed by atoms with Crippen LogP contribution >= 0.6 is 0 Å². The van der Waals surface area contributed by atoms with Crippen LogP contribution in [0.2, 0.25) is 0 Å². The van der Waals surface area contributed by atoms with Gasteiger partial charge < -0.3 is 10.1 Å². The van der Waals surface area contributed by atoms with Crippen LogP contribution < -0.4 is 5.32 Å². The molecule has 4 rings (SSSR count). The molecule has 2 aromatic carbocycles. The quantitative estimate of drug-likeness (QED) is 0.676. The van der Waals surface area contributed by atoms with Crippen LogP contribution in [0.4, 0.5) is 0 Å². The second-order valence-corrected chi connectivity index (χ2v) is 9.15. The largest absolute Gasteiger partial charge is 0.381 e. The lowest BCUT2D eigenvalue weighted by atomic mass is 9.74. The van der Waals surface area contributed by atoms with Crippen molar-refractivity contribution in [2.45, 2.75) is 44.6 Å². The molecule has 0 aliphatic carbocycles. The van der Waals surface area contributed by atoms with E-state index in [2.05, 4.69) is 17.4 Å². The molecule has 0 spiro atoms. The van der Waals surface area contributed by atoms with Crippen molar-refractivity contribution in [1.82, 2.24) is 10.2 Å². The van der Waals surface area contributed by atoms with Gasteiger partial charge in [0, 0.05) is 25.2 Å². The van der Waals surface area contributed by atoms with Gasteiger partial charge in [-0.15, -0.1) is 0 Å². The first-order valence-corrected chi connectivity index (χ1v) is 11.3. The molecule has 2 aliphatic rings. The predicted octanol–water partition coefficient (Wildman–Crippen LogP) is 3.56. The van der Waals surface area contributed by atoms with Crippen LogP contribution in [0.15, 0.2) is 54.6 Å². The van der Waals surface area contributed by atoms with Crippen molar-refractivity contribution in [2.75, 3.05) is 19.8 Å². The summed E-state index contributed by atoms with van der Waals surface area (Å²) in [5, 5.41) is 3.10. The summed E-state index contributed by atoms with van der Waals surface area (Å²) in [5.74, 6) is -0.929. The molecule has 2 heterocycles. The molecule has 0 saturated carbocycles. The fourth-order valence-corrected chi connectivity index (χ4v) is 4.76. The lowest BCUT2D eigenvalue weighted by Crippen LogP contribution is -2.53. The summed E-state index contributed by atoms with van der Waals surface area (Å²) in [6, 6.07) is 16.1. The fourth-order valence-electron chi connectivity index (χ4n) is 4.76. The number of hydrogen-bond donors (Lipinski definition) is 1. The van der Waals surface area contributed by atoms with Gasteiger partial charge in [-0.2, -0.15) is 0 Å². The number of fused-ring (bicyclic) bond motifs is 1. The molecular formula is C26H30N2O4. The maximum absolute atomic E-state index is 13.4. The zero-order chi connectivity index (χ0) is 22.7. The summed E-state index contributed by atoms with van der Waals surface area (Å²) in [6.45, 7) is 5.69. The Balaban J connectivity index is 1.56. The van der Waals surface area contributed by atoms with Gasteiger partial charge in [0.25, 0.3) is 11.8 Å². The summed E-state index contributed by atoms with van der Waals surface area (Å²) in [5.41, 5.74) is 1.68. The Morgan fingerprint density at radius 3 is 2.09 bits per heavy atom. The third kappa shape index (κ3) is 4.19. The molecule has 2 aliphatic heterocycles. The first-order chi connectivity index (χ1) is 15.4. The normalized spacial score (nSPS) is 18.5. The highest BCUT2D eigenvalue weighted by Gasteiger charge is 2.43. The Bertz CT molecular complexity index is 961. The maximum Gasteiger partial charge on any atom is 0.262 e. The molecule has 0 radical (unpaired) electrons. The topological polar surface area (TPSA) is 75.7 Å². The average Bonchev–Trinajstić information content (AvgIpc) is 3.07. The van der Waals surface area contributed by atoms with E-state index in [0.29, 0.717) is 37.3 Å². The van der Waals surface area contributed by atoms with E-state index < -0.39 is 17.9 Å². The molecule has 3 amide bonds. The summed E-state index contributed by atoms with van der Waals surface area (Å²) in [7, 11) is 0. The molecular weight excluding hydrogens is 404 g/mol. The lowest BCUT2D eigenvalue weighted by Gasteiger charge is -2.38. The Morgan fingerprint density at radius 2 is 1.53 bits per heavy atom. The van der Waals surface area contributed by atoms with Gasteiger partial charge >= 0.3 is 0 Å². The van der Waals surface area contributed by atoms with Gasteiger partial charge in [-0.25, -0.2) is 0 Å². The van der Waals surface area contributed by atoms with E-state index in [1.165, 1.54) is 5.56 Å². The molecule has 1 atom stereocenters. The Labute approximate surface area is 188 Å². The molecule has 2 aromatic rings. The number of benzene rings is 2. The molecule has 6 nitrogen and oxygen atoms in total. The smallest absolute Gasteiger partial charge is 0.262 e. The molecule has 168 valence electrons. The number of imide groups is 1. The first kappa shape index (κ1) is 22.2. The van der Waals surface area contributed by atoms with Crippen LogP contribution in [-0.2, 0) is 14.9 Å². The highest BCUT2D eigenvalue weighted by atomic mass is 16.5. The summed E-state index contributed by atoms with van der Waals surface area (Å²) >= 11 is 0. The van der Waals surface area contributed by atoms with Gasteiger partial charge in [0.15, 0.2) is 0 Å². The Hall–Kier alpha value is -2.99. The molecule has 0 bridgehead atoms. The van der Waals surface area contributed by atoms with Gasteiger partial charge in [0.1, 0.15) is 6.04 Å². The minimum absolute atomic E-state index is 0.140. The third-order valence-corrected chi connectivity index (χ3v) is 6.57. The molecule has 32 heavy (non-hydrogen) atoms. The highest BCUT2D eigenvalue weighted by molar-refractivity contribution is 6.22. The number of amides is 3. The second-order valence-electron chi connectivity index (χ2n) is 9.15. The average molecular weight is 435 g/mol. The SMILES string of the molecule is CC(C)CC(C(=O)NCC1(c2ccccc2)CCOCC1)N1C(=O)c2ccccc2C1=O. The fraction of sp³-hybridized carbons (Fsp3) is 0.423. The van der Waals surface area contributed by atoms with Crippen molar-refractivity contribution in [2.24, 2.45) is 5.92 Å². The summed E-state index contributed by atoms with van der Waals surface area (Å²) in [4.78, 5) is 40.7. The zero-order valence-electron chi connectivity index (χ0n) is 18.7. The van der Waals surface area contributed by atoms with Crippen molar-refractivity contribution < 1.29 is 19.1 Å². The van der Waals surface area contributed by atoms with E-state index in [-0.39, 0.29) is 17.2 Å². The Morgan fingerprint density at radius 1 is 0.969 bits per heavy atom. The Kier molecular flexibility index (Phi) is 6.42. The number of nitrogens with one attached hydrogen (secondary N) is 1. The van der Waals surface area contributed by atoms with Crippen LogP contribution in [0, 0.1) is 5.92 Å². The van der Waals surface area contributed by atoms with Crippen LogP contribution in [-0.4, -0.2) is 48.4 Å². The monoisotopic (exact) mass is 434 g/mol. The van der Waals surface area contributed by atoms with E-state index in [1.807, 2.05) is 32.0 Å². The number of nitrogens with zero attached hydrogens (tertiary/aromatic N) is 1. The minimum atomic E-state index is -0.838. The molecule has 0 aromatic heterocycles. The number of carbonyl (C=O) groups is 3. The number of ether oxygens (including phenoxy) is 1.